The minimum Gasteiger partial charge on any atom is -0.464 e. The van der Waals surface area contributed by atoms with Gasteiger partial charge in [-0.15, -0.1) is 0 Å². The molecule has 1 N–H and O–H groups in total. The van der Waals surface area contributed by atoms with Gasteiger partial charge in [0.05, 0.1) is 13.1 Å². The van der Waals surface area contributed by atoms with Crippen molar-refractivity contribution in [2.24, 2.45) is 0 Å². The van der Waals surface area contributed by atoms with Crippen LogP contribution in [0.1, 0.15) is 11.5 Å². The molecule has 0 aliphatic heterocycles. The van der Waals surface area contributed by atoms with E-state index in [-0.39, 0.29) is 18.1 Å². The molecule has 1 heterocycles. The third kappa shape index (κ3) is 3.81. The van der Waals surface area contributed by atoms with Crippen molar-refractivity contribution in [2.75, 3.05) is 18.9 Å². The van der Waals surface area contributed by atoms with Crippen LogP contribution in [0.2, 0.25) is 0 Å². The van der Waals surface area contributed by atoms with Crippen molar-refractivity contribution in [3.8, 4) is 0 Å². The van der Waals surface area contributed by atoms with E-state index in [4.69, 9.17) is 4.42 Å². The largest absolute Gasteiger partial charge is 0.464 e. The Balaban J connectivity index is 1.92. The molecule has 0 saturated carbocycles. The summed E-state index contributed by atoms with van der Waals surface area (Å²) in [5.41, 5.74) is -0.298. The Bertz CT molecular complexity index is 620. The highest BCUT2D eigenvalue weighted by Crippen LogP contribution is 2.17. The van der Waals surface area contributed by atoms with Crippen LogP contribution in [0.15, 0.2) is 34.7 Å². The van der Waals surface area contributed by atoms with Crippen LogP contribution in [0.5, 0.6) is 0 Å². The SMILES string of the molecule is Cc1ccc(CN(C)C(=O)CNc2c(F)cccc2F)o1. The van der Waals surface area contributed by atoms with Gasteiger partial charge in [-0.3, -0.25) is 4.79 Å². The lowest BCUT2D eigenvalue weighted by Gasteiger charge is -2.17. The number of carbonyl (C=O) groups excluding carboxylic acids is 1. The smallest absolute Gasteiger partial charge is 0.242 e. The Hall–Kier alpha value is -2.37. The van der Waals surface area contributed by atoms with Crippen LogP contribution in [0.3, 0.4) is 0 Å². The molecule has 1 aromatic heterocycles. The van der Waals surface area contributed by atoms with Gasteiger partial charge in [0.25, 0.3) is 0 Å². The predicted octanol–water partition coefficient (Wildman–Crippen LogP) is 2.94. The molecule has 0 atom stereocenters. The van der Waals surface area contributed by atoms with Gasteiger partial charge in [0.2, 0.25) is 5.91 Å². The highest BCUT2D eigenvalue weighted by atomic mass is 19.1. The third-order valence-corrected chi connectivity index (χ3v) is 2.99. The first-order chi connectivity index (χ1) is 9.97. The summed E-state index contributed by atoms with van der Waals surface area (Å²) in [6, 6.07) is 7.11. The van der Waals surface area contributed by atoms with Crippen molar-refractivity contribution in [3.05, 3.63) is 53.5 Å². The van der Waals surface area contributed by atoms with E-state index < -0.39 is 11.6 Å². The predicted molar refractivity (Wildman–Crippen MR) is 74.8 cm³/mol. The molecular formula is C15H16F2N2O2. The first-order valence-electron chi connectivity index (χ1n) is 6.44. The standard InChI is InChI=1S/C15H16F2N2O2/c1-10-6-7-11(21-10)9-19(2)14(20)8-18-15-12(16)4-3-5-13(15)17/h3-7,18H,8-9H2,1-2H3. The summed E-state index contributed by atoms with van der Waals surface area (Å²) in [6.45, 7) is 1.91. The quantitative estimate of drug-likeness (QED) is 0.922. The number of halogens is 2. The molecule has 0 fully saturated rings. The molecule has 1 aromatic carbocycles. The van der Waals surface area contributed by atoms with Crippen molar-refractivity contribution >= 4 is 11.6 Å². The fraction of sp³-hybridized carbons (Fsp3) is 0.267. The lowest BCUT2D eigenvalue weighted by atomic mass is 10.3. The van der Waals surface area contributed by atoms with Crippen LogP contribution >= 0.6 is 0 Å². The van der Waals surface area contributed by atoms with E-state index in [1.807, 2.05) is 6.92 Å². The molecule has 0 spiro atoms. The summed E-state index contributed by atoms with van der Waals surface area (Å²) in [5, 5.41) is 2.48. The Kier molecular flexibility index (Phi) is 4.57. The average molecular weight is 294 g/mol. The van der Waals surface area contributed by atoms with E-state index in [9.17, 15) is 13.6 Å². The first-order valence-corrected chi connectivity index (χ1v) is 6.44. The molecule has 1 amide bonds. The number of benzene rings is 1. The first kappa shape index (κ1) is 15.0. The Morgan fingerprint density at radius 2 is 1.90 bits per heavy atom. The number of nitrogens with zero attached hydrogens (tertiary/aromatic N) is 1. The van der Waals surface area contributed by atoms with E-state index in [1.54, 1.807) is 19.2 Å². The van der Waals surface area contributed by atoms with Crippen molar-refractivity contribution in [2.45, 2.75) is 13.5 Å². The van der Waals surface area contributed by atoms with Gasteiger partial charge in [-0.25, -0.2) is 8.78 Å². The zero-order valence-corrected chi connectivity index (χ0v) is 11.8. The zero-order valence-electron chi connectivity index (χ0n) is 11.8. The zero-order chi connectivity index (χ0) is 15.4. The number of rotatable bonds is 5. The van der Waals surface area contributed by atoms with Gasteiger partial charge >= 0.3 is 0 Å². The monoisotopic (exact) mass is 294 g/mol. The van der Waals surface area contributed by atoms with Crippen molar-refractivity contribution in [1.82, 2.24) is 4.90 Å². The summed E-state index contributed by atoms with van der Waals surface area (Å²) < 4.78 is 32.2. The molecular weight excluding hydrogens is 278 g/mol. The molecule has 2 rings (SSSR count). The molecule has 0 bridgehead atoms. The third-order valence-electron chi connectivity index (χ3n) is 2.99. The molecule has 112 valence electrons. The van der Waals surface area contributed by atoms with Gasteiger partial charge in [-0.1, -0.05) is 6.07 Å². The summed E-state index contributed by atoms with van der Waals surface area (Å²) in [4.78, 5) is 13.3. The summed E-state index contributed by atoms with van der Waals surface area (Å²) in [7, 11) is 1.60. The number of carbonyl (C=O) groups is 1. The lowest BCUT2D eigenvalue weighted by molar-refractivity contribution is -0.128. The number of aryl methyl sites for hydroxylation is 1. The maximum atomic E-state index is 13.4. The number of hydrogen-bond acceptors (Lipinski definition) is 3. The van der Waals surface area contributed by atoms with Gasteiger partial charge in [0.1, 0.15) is 28.8 Å². The molecule has 0 radical (unpaired) electrons. The van der Waals surface area contributed by atoms with Gasteiger partial charge < -0.3 is 14.6 Å². The Morgan fingerprint density at radius 3 is 2.48 bits per heavy atom. The van der Waals surface area contributed by atoms with Gasteiger partial charge in [0.15, 0.2) is 0 Å². The van der Waals surface area contributed by atoms with Gasteiger partial charge in [-0.2, -0.15) is 0 Å². The van der Waals surface area contributed by atoms with Gasteiger partial charge in [0, 0.05) is 7.05 Å². The second kappa shape index (κ2) is 6.39. The molecule has 6 heteroatoms. The fourth-order valence-electron chi connectivity index (χ4n) is 1.86. The average Bonchev–Trinajstić information content (AvgIpc) is 2.83. The molecule has 21 heavy (non-hydrogen) atoms. The lowest BCUT2D eigenvalue weighted by Crippen LogP contribution is -2.32. The van der Waals surface area contributed by atoms with Crippen LogP contribution < -0.4 is 5.32 Å². The minimum absolute atomic E-state index is 0.200. The number of anilines is 1. The maximum Gasteiger partial charge on any atom is 0.242 e. The topological polar surface area (TPSA) is 45.5 Å². The van der Waals surface area contributed by atoms with E-state index in [0.717, 1.165) is 17.9 Å². The summed E-state index contributed by atoms with van der Waals surface area (Å²) in [5.74, 6) is -0.344. The molecule has 0 aliphatic rings. The van der Waals surface area contributed by atoms with Crippen LogP contribution in [-0.2, 0) is 11.3 Å². The number of hydrogen-bond donors (Lipinski definition) is 1. The second-order valence-corrected chi connectivity index (χ2v) is 4.71. The van der Waals surface area contributed by atoms with Crippen molar-refractivity contribution < 1.29 is 18.0 Å². The Morgan fingerprint density at radius 1 is 1.24 bits per heavy atom. The molecule has 4 nitrogen and oxygen atoms in total. The minimum atomic E-state index is -0.730. The van der Waals surface area contributed by atoms with E-state index >= 15 is 0 Å². The van der Waals surface area contributed by atoms with Crippen molar-refractivity contribution in [3.63, 3.8) is 0 Å². The number of amides is 1. The van der Waals surface area contributed by atoms with Crippen LogP contribution in [0.4, 0.5) is 14.5 Å². The summed E-state index contributed by atoms with van der Waals surface area (Å²) >= 11 is 0. The second-order valence-electron chi connectivity index (χ2n) is 4.71. The fourth-order valence-corrected chi connectivity index (χ4v) is 1.86. The normalized spacial score (nSPS) is 10.5. The van der Waals surface area contributed by atoms with Crippen LogP contribution in [0, 0.1) is 18.6 Å². The van der Waals surface area contributed by atoms with Crippen LogP contribution in [-0.4, -0.2) is 24.4 Å². The Labute approximate surface area is 121 Å². The van der Waals surface area contributed by atoms with Crippen molar-refractivity contribution in [1.29, 1.82) is 0 Å². The highest BCUT2D eigenvalue weighted by molar-refractivity contribution is 5.80. The molecule has 0 unspecified atom stereocenters. The maximum absolute atomic E-state index is 13.4. The van der Waals surface area contributed by atoms with E-state index in [1.165, 1.54) is 11.0 Å². The molecule has 0 aliphatic carbocycles. The van der Waals surface area contributed by atoms with E-state index in [0.29, 0.717) is 12.3 Å². The van der Waals surface area contributed by atoms with Gasteiger partial charge in [-0.05, 0) is 31.2 Å². The summed E-state index contributed by atoms with van der Waals surface area (Å²) in [6.07, 6.45) is 0. The van der Waals surface area contributed by atoms with Crippen LogP contribution in [0.25, 0.3) is 0 Å². The molecule has 2 aromatic rings. The molecule has 0 saturated heterocycles. The highest BCUT2D eigenvalue weighted by Gasteiger charge is 2.13. The number of para-hydroxylation sites is 1. The van der Waals surface area contributed by atoms with E-state index in [2.05, 4.69) is 5.32 Å². The number of likely N-dealkylation sites (N-methyl/N-ethyl adjacent to an activating group) is 1. The number of nitrogens with one attached hydrogen (secondary N) is 1. The number of furan rings is 1.